The first-order chi connectivity index (χ1) is 12.8. The van der Waals surface area contributed by atoms with Gasteiger partial charge in [0.1, 0.15) is 5.82 Å². The molecule has 0 saturated heterocycles. The lowest BCUT2D eigenvalue weighted by Gasteiger charge is -2.17. The fraction of sp³-hybridized carbons (Fsp3) is 0.250. The molecule has 0 aliphatic heterocycles. The van der Waals surface area contributed by atoms with Gasteiger partial charge in [-0.2, -0.15) is 5.10 Å². The molecule has 6 heteroatoms. The minimum absolute atomic E-state index is 0.271. The van der Waals surface area contributed by atoms with E-state index in [0.717, 1.165) is 35.3 Å². The zero-order valence-corrected chi connectivity index (χ0v) is 14.9. The SMILES string of the molecule is COc1nc2ccccc2cc1-c1nccn1[C@H](C)CCn1cccn1. The molecule has 0 fully saturated rings. The molecule has 1 aromatic carbocycles. The molecular formula is C20H21N5O. The van der Waals surface area contributed by atoms with Crippen molar-refractivity contribution in [1.29, 1.82) is 0 Å². The zero-order valence-electron chi connectivity index (χ0n) is 14.9. The van der Waals surface area contributed by atoms with Crippen molar-refractivity contribution in [2.75, 3.05) is 7.11 Å². The van der Waals surface area contributed by atoms with E-state index in [0.29, 0.717) is 5.88 Å². The van der Waals surface area contributed by atoms with Gasteiger partial charge < -0.3 is 9.30 Å². The van der Waals surface area contributed by atoms with Crippen LogP contribution in [0.15, 0.2) is 61.2 Å². The smallest absolute Gasteiger partial charge is 0.224 e. The minimum Gasteiger partial charge on any atom is -0.480 e. The minimum atomic E-state index is 0.271. The summed E-state index contributed by atoms with van der Waals surface area (Å²) in [6.45, 7) is 3.05. The Morgan fingerprint density at radius 2 is 2.00 bits per heavy atom. The molecule has 0 unspecified atom stereocenters. The van der Waals surface area contributed by atoms with Gasteiger partial charge in [0.2, 0.25) is 5.88 Å². The molecule has 0 bridgehead atoms. The average molecular weight is 347 g/mol. The van der Waals surface area contributed by atoms with Crippen LogP contribution in [0.2, 0.25) is 0 Å². The van der Waals surface area contributed by atoms with E-state index in [1.165, 1.54) is 0 Å². The Morgan fingerprint density at radius 3 is 2.81 bits per heavy atom. The molecule has 6 nitrogen and oxygen atoms in total. The van der Waals surface area contributed by atoms with Gasteiger partial charge in [-0.05, 0) is 31.5 Å². The number of fused-ring (bicyclic) bond motifs is 1. The number of pyridine rings is 1. The maximum Gasteiger partial charge on any atom is 0.224 e. The average Bonchev–Trinajstić information content (AvgIpc) is 3.36. The van der Waals surface area contributed by atoms with Crippen molar-refractivity contribution in [2.45, 2.75) is 25.9 Å². The van der Waals surface area contributed by atoms with Crippen molar-refractivity contribution in [1.82, 2.24) is 24.3 Å². The molecule has 0 radical (unpaired) electrons. The lowest BCUT2D eigenvalue weighted by molar-refractivity contribution is 0.399. The number of benzene rings is 1. The predicted molar refractivity (Wildman–Crippen MR) is 101 cm³/mol. The molecule has 4 aromatic rings. The second kappa shape index (κ2) is 7.00. The highest BCUT2D eigenvalue weighted by atomic mass is 16.5. The molecule has 1 atom stereocenters. The Labute approximate surface area is 152 Å². The van der Waals surface area contributed by atoms with Crippen LogP contribution in [0.1, 0.15) is 19.4 Å². The normalized spacial score (nSPS) is 12.4. The predicted octanol–water partition coefficient (Wildman–Crippen LogP) is 3.95. The second-order valence-corrected chi connectivity index (χ2v) is 6.30. The van der Waals surface area contributed by atoms with Crippen LogP contribution in [0.5, 0.6) is 5.88 Å². The third-order valence-corrected chi connectivity index (χ3v) is 4.60. The van der Waals surface area contributed by atoms with Crippen LogP contribution in [0.25, 0.3) is 22.3 Å². The fourth-order valence-electron chi connectivity index (χ4n) is 3.18. The summed E-state index contributed by atoms with van der Waals surface area (Å²) in [6, 6.07) is 12.3. The summed E-state index contributed by atoms with van der Waals surface area (Å²) < 4.78 is 9.68. The summed E-state index contributed by atoms with van der Waals surface area (Å²) in [5.74, 6) is 1.46. The summed E-state index contributed by atoms with van der Waals surface area (Å²) in [7, 11) is 1.65. The highest BCUT2D eigenvalue weighted by Gasteiger charge is 2.17. The van der Waals surface area contributed by atoms with Crippen molar-refractivity contribution in [2.24, 2.45) is 0 Å². The Hall–Kier alpha value is -3.15. The zero-order chi connectivity index (χ0) is 17.9. The van der Waals surface area contributed by atoms with Crippen molar-refractivity contribution in [3.8, 4) is 17.3 Å². The van der Waals surface area contributed by atoms with Crippen molar-refractivity contribution >= 4 is 10.9 Å². The van der Waals surface area contributed by atoms with Gasteiger partial charge in [-0.3, -0.25) is 4.68 Å². The van der Waals surface area contributed by atoms with Crippen LogP contribution in [-0.4, -0.2) is 31.4 Å². The maximum atomic E-state index is 5.55. The molecular weight excluding hydrogens is 326 g/mol. The van der Waals surface area contributed by atoms with Gasteiger partial charge in [0.25, 0.3) is 0 Å². The number of aryl methyl sites for hydroxylation is 1. The molecule has 0 aliphatic rings. The number of imidazole rings is 1. The standard InChI is InChI=1S/C20H21N5O/c1-15(8-12-24-11-5-9-22-24)25-13-10-21-19(25)17-14-16-6-3-4-7-18(16)23-20(17)26-2/h3-7,9-11,13-15H,8,12H2,1-2H3/t15-/m1/s1. The number of methoxy groups -OCH3 is 1. The van der Waals surface area contributed by atoms with Gasteiger partial charge in [0.05, 0.1) is 18.2 Å². The first-order valence-corrected chi connectivity index (χ1v) is 8.70. The summed E-state index contributed by atoms with van der Waals surface area (Å²) >= 11 is 0. The van der Waals surface area contributed by atoms with Gasteiger partial charge in [0.15, 0.2) is 0 Å². The lowest BCUT2D eigenvalue weighted by Crippen LogP contribution is -2.10. The van der Waals surface area contributed by atoms with E-state index < -0.39 is 0 Å². The van der Waals surface area contributed by atoms with Gasteiger partial charge >= 0.3 is 0 Å². The number of para-hydroxylation sites is 1. The van der Waals surface area contributed by atoms with E-state index in [9.17, 15) is 0 Å². The molecule has 0 N–H and O–H groups in total. The van der Waals surface area contributed by atoms with E-state index in [1.54, 1.807) is 13.3 Å². The third kappa shape index (κ3) is 3.06. The number of hydrogen-bond donors (Lipinski definition) is 0. The number of rotatable bonds is 6. The van der Waals surface area contributed by atoms with Crippen LogP contribution in [-0.2, 0) is 6.54 Å². The van der Waals surface area contributed by atoms with Crippen LogP contribution in [0, 0.1) is 0 Å². The highest BCUT2D eigenvalue weighted by Crippen LogP contribution is 2.32. The Kier molecular flexibility index (Phi) is 4.39. The lowest BCUT2D eigenvalue weighted by atomic mass is 10.1. The van der Waals surface area contributed by atoms with Gasteiger partial charge in [0, 0.05) is 42.8 Å². The van der Waals surface area contributed by atoms with Crippen molar-refractivity contribution < 1.29 is 4.74 Å². The molecule has 0 amide bonds. The number of aromatic nitrogens is 5. The number of ether oxygens (including phenoxy) is 1. The monoisotopic (exact) mass is 347 g/mol. The molecule has 0 aliphatic carbocycles. The molecule has 3 aromatic heterocycles. The van der Waals surface area contributed by atoms with Crippen LogP contribution in [0.3, 0.4) is 0 Å². The van der Waals surface area contributed by atoms with Crippen LogP contribution in [0.4, 0.5) is 0 Å². The van der Waals surface area contributed by atoms with E-state index >= 15 is 0 Å². The molecule has 0 saturated carbocycles. The number of hydrogen-bond acceptors (Lipinski definition) is 4. The Bertz CT molecular complexity index is 1010. The van der Waals surface area contributed by atoms with Crippen molar-refractivity contribution in [3.63, 3.8) is 0 Å². The molecule has 3 heterocycles. The first-order valence-electron chi connectivity index (χ1n) is 8.70. The van der Waals surface area contributed by atoms with E-state index in [4.69, 9.17) is 4.74 Å². The Morgan fingerprint density at radius 1 is 1.12 bits per heavy atom. The van der Waals surface area contributed by atoms with Gasteiger partial charge in [-0.15, -0.1) is 0 Å². The largest absolute Gasteiger partial charge is 0.480 e. The van der Waals surface area contributed by atoms with E-state index in [-0.39, 0.29) is 6.04 Å². The van der Waals surface area contributed by atoms with Gasteiger partial charge in [-0.1, -0.05) is 18.2 Å². The fourth-order valence-corrected chi connectivity index (χ4v) is 3.18. The van der Waals surface area contributed by atoms with Gasteiger partial charge in [-0.25, -0.2) is 9.97 Å². The first kappa shape index (κ1) is 16.3. The summed E-state index contributed by atoms with van der Waals surface area (Å²) in [5, 5.41) is 5.34. The summed E-state index contributed by atoms with van der Waals surface area (Å²) in [4.78, 5) is 9.24. The second-order valence-electron chi connectivity index (χ2n) is 6.30. The van der Waals surface area contributed by atoms with Crippen LogP contribution >= 0.6 is 0 Å². The summed E-state index contributed by atoms with van der Waals surface area (Å²) in [5.41, 5.74) is 1.82. The van der Waals surface area contributed by atoms with E-state index in [2.05, 4.69) is 38.7 Å². The molecule has 132 valence electrons. The topological polar surface area (TPSA) is 57.8 Å². The number of nitrogens with zero attached hydrogens (tertiary/aromatic N) is 5. The van der Waals surface area contributed by atoms with E-state index in [1.807, 2.05) is 47.5 Å². The highest BCUT2D eigenvalue weighted by molar-refractivity contribution is 5.84. The quantitative estimate of drug-likeness (QED) is 0.530. The molecule has 4 rings (SSSR count). The van der Waals surface area contributed by atoms with Crippen molar-refractivity contribution in [3.05, 3.63) is 61.2 Å². The Balaban J connectivity index is 1.68. The summed E-state index contributed by atoms with van der Waals surface area (Å²) in [6.07, 6.45) is 8.58. The van der Waals surface area contributed by atoms with Crippen LogP contribution < -0.4 is 4.74 Å². The maximum absolute atomic E-state index is 5.55. The third-order valence-electron chi connectivity index (χ3n) is 4.60. The molecule has 0 spiro atoms. The molecule has 26 heavy (non-hydrogen) atoms.